The van der Waals surface area contributed by atoms with E-state index in [2.05, 4.69) is 30.1 Å². The average Bonchev–Trinajstić information content (AvgIpc) is 2.43. The van der Waals surface area contributed by atoms with Crippen molar-refractivity contribution in [3.8, 4) is 5.75 Å². The Bertz CT molecular complexity index is 554. The predicted octanol–water partition coefficient (Wildman–Crippen LogP) is 4.76. The minimum atomic E-state index is 0.107. The number of halogens is 1. The van der Waals surface area contributed by atoms with Crippen LogP contribution in [-0.2, 0) is 6.54 Å². The Morgan fingerprint density at radius 3 is 2.40 bits per heavy atom. The van der Waals surface area contributed by atoms with Gasteiger partial charge in [-0.15, -0.1) is 0 Å². The van der Waals surface area contributed by atoms with Crippen molar-refractivity contribution in [3.05, 3.63) is 59.1 Å². The van der Waals surface area contributed by atoms with E-state index in [1.807, 2.05) is 44.2 Å². The van der Waals surface area contributed by atoms with Crippen molar-refractivity contribution in [1.82, 2.24) is 0 Å². The van der Waals surface area contributed by atoms with Gasteiger partial charge >= 0.3 is 0 Å². The lowest BCUT2D eigenvalue weighted by Crippen LogP contribution is -2.18. The number of hydrogen-bond acceptors (Lipinski definition) is 2. The van der Waals surface area contributed by atoms with Crippen molar-refractivity contribution < 1.29 is 4.74 Å². The molecule has 0 spiro atoms. The van der Waals surface area contributed by atoms with Gasteiger partial charge in [0.1, 0.15) is 5.75 Å². The molecule has 3 heteroatoms. The highest BCUT2D eigenvalue weighted by atomic mass is 35.5. The van der Waals surface area contributed by atoms with Crippen molar-refractivity contribution in [1.29, 1.82) is 0 Å². The summed E-state index contributed by atoms with van der Waals surface area (Å²) in [6.07, 6.45) is 0.107. The van der Waals surface area contributed by atoms with Gasteiger partial charge in [0.15, 0.2) is 0 Å². The third kappa shape index (κ3) is 3.67. The largest absolute Gasteiger partial charge is 0.489 e. The Morgan fingerprint density at radius 2 is 1.75 bits per heavy atom. The van der Waals surface area contributed by atoms with Crippen molar-refractivity contribution in [2.45, 2.75) is 26.5 Å². The molecule has 106 valence electrons. The van der Waals surface area contributed by atoms with Crippen LogP contribution in [-0.4, -0.2) is 13.2 Å². The molecule has 0 atom stereocenters. The third-order valence-corrected chi connectivity index (χ3v) is 3.30. The van der Waals surface area contributed by atoms with E-state index in [4.69, 9.17) is 16.3 Å². The van der Waals surface area contributed by atoms with E-state index in [9.17, 15) is 0 Å². The minimum Gasteiger partial charge on any atom is -0.489 e. The Balaban J connectivity index is 2.23. The molecule has 0 fully saturated rings. The summed E-state index contributed by atoms with van der Waals surface area (Å²) in [5.74, 6) is 0.784. The van der Waals surface area contributed by atoms with Crippen LogP contribution in [0.4, 0.5) is 5.69 Å². The number of nitrogens with zero attached hydrogens (tertiary/aromatic N) is 1. The van der Waals surface area contributed by atoms with Crippen LogP contribution in [0.25, 0.3) is 0 Å². The van der Waals surface area contributed by atoms with Crippen molar-refractivity contribution >= 4 is 17.3 Å². The SMILES string of the molecule is CC(C)Oc1c(Cl)cccc1CN(C)c1ccccc1. The number of hydrogen-bond donors (Lipinski definition) is 0. The first-order chi connectivity index (χ1) is 9.58. The van der Waals surface area contributed by atoms with Crippen molar-refractivity contribution in [2.24, 2.45) is 0 Å². The third-order valence-electron chi connectivity index (χ3n) is 3.01. The lowest BCUT2D eigenvalue weighted by molar-refractivity contribution is 0.240. The molecule has 0 N–H and O–H groups in total. The van der Waals surface area contributed by atoms with Crippen molar-refractivity contribution in [3.63, 3.8) is 0 Å². The summed E-state index contributed by atoms with van der Waals surface area (Å²) in [5, 5.41) is 0.665. The summed E-state index contributed by atoms with van der Waals surface area (Å²) in [6, 6.07) is 16.2. The highest BCUT2D eigenvalue weighted by Crippen LogP contribution is 2.31. The van der Waals surface area contributed by atoms with Crippen LogP contribution in [0.5, 0.6) is 5.75 Å². The Labute approximate surface area is 125 Å². The second kappa shape index (κ2) is 6.67. The van der Waals surface area contributed by atoms with Gasteiger partial charge in [-0.05, 0) is 32.0 Å². The smallest absolute Gasteiger partial charge is 0.143 e. The van der Waals surface area contributed by atoms with Gasteiger partial charge in [-0.3, -0.25) is 0 Å². The number of benzene rings is 2. The molecular weight excluding hydrogens is 270 g/mol. The topological polar surface area (TPSA) is 12.5 Å². The normalized spacial score (nSPS) is 10.7. The van der Waals surface area contributed by atoms with E-state index in [1.165, 1.54) is 5.69 Å². The number of rotatable bonds is 5. The predicted molar refractivity (Wildman–Crippen MR) is 85.8 cm³/mol. The first-order valence-electron chi connectivity index (χ1n) is 6.78. The van der Waals surface area contributed by atoms with Crippen LogP contribution in [0.3, 0.4) is 0 Å². The summed E-state index contributed by atoms with van der Waals surface area (Å²) < 4.78 is 5.85. The molecule has 0 aliphatic heterocycles. The standard InChI is InChI=1S/C17H20ClNO/c1-13(2)20-17-14(8-7-11-16(17)18)12-19(3)15-9-5-4-6-10-15/h4-11,13H,12H2,1-3H3. The second-order valence-electron chi connectivity index (χ2n) is 5.09. The van der Waals surface area contributed by atoms with E-state index in [-0.39, 0.29) is 6.10 Å². The van der Waals surface area contributed by atoms with E-state index >= 15 is 0 Å². The van der Waals surface area contributed by atoms with Gasteiger partial charge in [0, 0.05) is 24.8 Å². The molecule has 0 heterocycles. The number of para-hydroxylation sites is 2. The molecule has 2 rings (SSSR count). The minimum absolute atomic E-state index is 0.107. The zero-order valence-corrected chi connectivity index (χ0v) is 12.9. The summed E-state index contributed by atoms with van der Waals surface area (Å²) in [5.41, 5.74) is 2.26. The second-order valence-corrected chi connectivity index (χ2v) is 5.49. The molecule has 2 aromatic carbocycles. The average molecular weight is 290 g/mol. The fraction of sp³-hybridized carbons (Fsp3) is 0.294. The zero-order valence-electron chi connectivity index (χ0n) is 12.1. The first kappa shape index (κ1) is 14.7. The van der Waals surface area contributed by atoms with Gasteiger partial charge in [-0.2, -0.15) is 0 Å². The molecule has 0 unspecified atom stereocenters. The van der Waals surface area contributed by atoms with Gasteiger partial charge in [0.2, 0.25) is 0 Å². The van der Waals surface area contributed by atoms with E-state index in [0.717, 1.165) is 17.9 Å². The summed E-state index contributed by atoms with van der Waals surface area (Å²) in [4.78, 5) is 2.18. The van der Waals surface area contributed by atoms with Crippen LogP contribution in [0.15, 0.2) is 48.5 Å². The van der Waals surface area contributed by atoms with Gasteiger partial charge < -0.3 is 9.64 Å². The van der Waals surface area contributed by atoms with Crippen LogP contribution in [0.1, 0.15) is 19.4 Å². The van der Waals surface area contributed by atoms with Gasteiger partial charge in [-0.25, -0.2) is 0 Å². The van der Waals surface area contributed by atoms with E-state index in [1.54, 1.807) is 0 Å². The van der Waals surface area contributed by atoms with Crippen molar-refractivity contribution in [2.75, 3.05) is 11.9 Å². The number of anilines is 1. The fourth-order valence-corrected chi connectivity index (χ4v) is 2.31. The Hall–Kier alpha value is -1.67. The van der Waals surface area contributed by atoms with Gasteiger partial charge in [0.05, 0.1) is 11.1 Å². The van der Waals surface area contributed by atoms with E-state index < -0.39 is 0 Å². The van der Waals surface area contributed by atoms with Crippen LogP contribution in [0, 0.1) is 0 Å². The highest BCUT2D eigenvalue weighted by molar-refractivity contribution is 6.32. The van der Waals surface area contributed by atoms with Crippen LogP contribution >= 0.6 is 11.6 Å². The maximum absolute atomic E-state index is 6.26. The van der Waals surface area contributed by atoms with Crippen LogP contribution < -0.4 is 9.64 Å². The molecule has 0 amide bonds. The Morgan fingerprint density at radius 1 is 1.05 bits per heavy atom. The molecule has 20 heavy (non-hydrogen) atoms. The highest BCUT2D eigenvalue weighted by Gasteiger charge is 2.12. The summed E-state index contributed by atoms with van der Waals surface area (Å²) >= 11 is 6.26. The molecule has 0 radical (unpaired) electrons. The molecule has 0 bridgehead atoms. The maximum atomic E-state index is 6.26. The molecule has 0 aliphatic rings. The van der Waals surface area contributed by atoms with E-state index in [0.29, 0.717) is 5.02 Å². The number of ether oxygens (including phenoxy) is 1. The fourth-order valence-electron chi connectivity index (χ4n) is 2.07. The molecular formula is C17H20ClNO. The quantitative estimate of drug-likeness (QED) is 0.786. The first-order valence-corrected chi connectivity index (χ1v) is 7.16. The molecule has 0 saturated heterocycles. The molecule has 2 nitrogen and oxygen atoms in total. The molecule has 2 aromatic rings. The van der Waals surface area contributed by atoms with Gasteiger partial charge in [0.25, 0.3) is 0 Å². The molecule has 0 saturated carbocycles. The maximum Gasteiger partial charge on any atom is 0.143 e. The van der Waals surface area contributed by atoms with Gasteiger partial charge in [-0.1, -0.05) is 41.9 Å². The molecule has 0 aromatic heterocycles. The lowest BCUT2D eigenvalue weighted by atomic mass is 10.1. The Kier molecular flexibility index (Phi) is 4.91. The summed E-state index contributed by atoms with van der Waals surface area (Å²) in [6.45, 7) is 4.77. The lowest BCUT2D eigenvalue weighted by Gasteiger charge is -2.22. The monoisotopic (exact) mass is 289 g/mol. The zero-order chi connectivity index (χ0) is 14.5. The van der Waals surface area contributed by atoms with Crippen LogP contribution in [0.2, 0.25) is 5.02 Å². The summed E-state index contributed by atoms with van der Waals surface area (Å²) in [7, 11) is 2.06. The molecule has 0 aliphatic carbocycles.